The fourth-order valence-electron chi connectivity index (χ4n) is 3.04. The third kappa shape index (κ3) is 2.62. The largest absolute Gasteiger partial charge is 0.322 e. The maximum Gasteiger partial charge on any atom is 0.322 e. The molecule has 0 aliphatic carbocycles. The van der Waals surface area contributed by atoms with Crippen LogP contribution >= 0.6 is 31.9 Å². The van der Waals surface area contributed by atoms with E-state index in [4.69, 9.17) is 0 Å². The predicted octanol–water partition coefficient (Wildman–Crippen LogP) is 1.85. The first kappa shape index (κ1) is 18.4. The fourth-order valence-corrected chi connectivity index (χ4v) is 3.80. The van der Waals surface area contributed by atoms with E-state index >= 15 is 0 Å². The minimum absolute atomic E-state index is 0.0253. The van der Waals surface area contributed by atoms with Crippen molar-refractivity contribution in [3.8, 4) is 22.5 Å². The molecular weight excluding hydrogens is 530 g/mol. The first-order valence-corrected chi connectivity index (χ1v) is 9.69. The van der Waals surface area contributed by atoms with Crippen molar-refractivity contribution in [2.24, 2.45) is 0 Å². The lowest BCUT2D eigenvalue weighted by Gasteiger charge is -2.01. The van der Waals surface area contributed by atoms with E-state index in [1.54, 1.807) is 0 Å². The van der Waals surface area contributed by atoms with E-state index in [-0.39, 0.29) is 37.1 Å². The molecule has 0 saturated carbocycles. The van der Waals surface area contributed by atoms with Gasteiger partial charge in [-0.25, -0.2) is 19.0 Å². The summed E-state index contributed by atoms with van der Waals surface area (Å²) in [5.74, 6) is 0. The Morgan fingerprint density at radius 3 is 2.03 bits per heavy atom. The number of H-pyrrole nitrogens is 3. The highest BCUT2D eigenvalue weighted by atomic mass is 79.9. The number of nitrogens with one attached hydrogen (secondary N) is 3. The van der Waals surface area contributed by atoms with E-state index in [9.17, 15) is 19.7 Å². The zero-order valence-electron chi connectivity index (χ0n) is 14.4. The molecule has 0 spiro atoms. The quantitative estimate of drug-likeness (QED) is 0.233. The summed E-state index contributed by atoms with van der Waals surface area (Å²) in [5, 5.41) is 23.7. The van der Waals surface area contributed by atoms with Gasteiger partial charge in [0.2, 0.25) is 0 Å². The Bertz CT molecular complexity index is 1490. The van der Waals surface area contributed by atoms with E-state index in [0.717, 1.165) is 0 Å². The number of halogens is 2. The average molecular weight is 537 g/mol. The molecule has 5 aromatic rings. The molecule has 3 N–H and O–H groups in total. The van der Waals surface area contributed by atoms with E-state index in [2.05, 4.69) is 62.2 Å². The molecule has 0 unspecified atom stereocenters. The van der Waals surface area contributed by atoms with Crippen LogP contribution in [0, 0.1) is 10.1 Å². The molecule has 0 bridgehead atoms. The van der Waals surface area contributed by atoms with Crippen molar-refractivity contribution in [1.82, 2.24) is 39.4 Å². The average Bonchev–Trinajstić information content (AvgIpc) is 3.36. The number of rotatable bonds is 3. The van der Waals surface area contributed by atoms with Crippen molar-refractivity contribution < 1.29 is 4.92 Å². The lowest BCUT2D eigenvalue weighted by atomic mass is 10.1. The van der Waals surface area contributed by atoms with E-state index in [1.807, 2.05) is 0 Å². The van der Waals surface area contributed by atoms with Crippen LogP contribution in [-0.4, -0.2) is 44.3 Å². The van der Waals surface area contributed by atoms with Gasteiger partial charge in [-0.1, -0.05) is 0 Å². The second-order valence-electron chi connectivity index (χ2n) is 6.14. The van der Waals surface area contributed by atoms with Crippen molar-refractivity contribution >= 4 is 48.8 Å². The molecule has 0 saturated heterocycles. The van der Waals surface area contributed by atoms with Gasteiger partial charge in [-0.2, -0.15) is 5.10 Å². The van der Waals surface area contributed by atoms with Gasteiger partial charge in [0.05, 0.1) is 4.92 Å². The monoisotopic (exact) mass is 535 g/mol. The molecule has 30 heavy (non-hydrogen) atoms. The van der Waals surface area contributed by atoms with Crippen LogP contribution in [0.4, 0.5) is 5.69 Å². The number of aromatic nitrogens is 8. The minimum atomic E-state index is -0.578. The molecule has 0 atom stereocenters. The van der Waals surface area contributed by atoms with Crippen LogP contribution in [0.15, 0.2) is 43.3 Å². The molecule has 13 nitrogen and oxygen atoms in total. The molecule has 0 radical (unpaired) electrons. The van der Waals surface area contributed by atoms with Gasteiger partial charge in [-0.15, -0.1) is 0 Å². The van der Waals surface area contributed by atoms with Crippen LogP contribution in [0.25, 0.3) is 33.8 Å². The Balaban J connectivity index is 1.70. The number of nitro groups is 1. The molecule has 150 valence electrons. The van der Waals surface area contributed by atoms with Gasteiger partial charge in [0.1, 0.15) is 14.6 Å². The van der Waals surface area contributed by atoms with Gasteiger partial charge >= 0.3 is 5.69 Å². The van der Waals surface area contributed by atoms with Crippen molar-refractivity contribution in [3.63, 3.8) is 0 Å². The van der Waals surface area contributed by atoms with Crippen LogP contribution < -0.4 is 11.1 Å². The summed E-state index contributed by atoms with van der Waals surface area (Å²) in [4.78, 5) is 43.1. The Kier molecular flexibility index (Phi) is 3.97. The SMILES string of the molecule is O=c1[nH]n2cc(-c3n[nH]c(-c4cnc5c(Br)c(=O)[nH]n5c4)c3[N+](=O)[O-])cnc2c1Br. The van der Waals surface area contributed by atoms with Crippen LogP contribution in [0.5, 0.6) is 0 Å². The molecule has 5 rings (SSSR count). The molecule has 0 aliphatic heterocycles. The summed E-state index contributed by atoms with van der Waals surface area (Å²) in [7, 11) is 0. The Hall–Kier alpha value is -3.59. The number of aromatic amines is 3. The highest BCUT2D eigenvalue weighted by Crippen LogP contribution is 2.36. The number of hydrogen-bond donors (Lipinski definition) is 3. The maximum atomic E-state index is 11.9. The summed E-state index contributed by atoms with van der Waals surface area (Å²) >= 11 is 6.27. The normalized spacial score (nSPS) is 11.5. The molecule has 15 heteroatoms. The molecule has 0 amide bonds. The zero-order valence-corrected chi connectivity index (χ0v) is 17.6. The summed E-state index contributed by atoms with van der Waals surface area (Å²) in [5.41, 5.74) is 0.351. The fraction of sp³-hybridized carbons (Fsp3) is 0. The maximum absolute atomic E-state index is 11.9. The third-order valence-corrected chi connectivity index (χ3v) is 5.79. The van der Waals surface area contributed by atoms with Gasteiger partial charge in [0, 0.05) is 35.9 Å². The summed E-state index contributed by atoms with van der Waals surface area (Å²) < 4.78 is 3.19. The lowest BCUT2D eigenvalue weighted by molar-refractivity contribution is -0.383. The van der Waals surface area contributed by atoms with Gasteiger partial charge in [0.25, 0.3) is 11.1 Å². The van der Waals surface area contributed by atoms with Crippen LogP contribution in [-0.2, 0) is 0 Å². The second-order valence-corrected chi connectivity index (χ2v) is 7.72. The summed E-state index contributed by atoms with van der Waals surface area (Å²) in [6.07, 6.45) is 5.73. The molecule has 0 aromatic carbocycles. The third-order valence-electron chi connectivity index (χ3n) is 4.37. The van der Waals surface area contributed by atoms with E-state index in [1.165, 1.54) is 33.8 Å². The predicted molar refractivity (Wildman–Crippen MR) is 110 cm³/mol. The molecule has 5 aromatic heterocycles. The Morgan fingerprint density at radius 2 is 1.47 bits per heavy atom. The Morgan fingerprint density at radius 1 is 0.933 bits per heavy atom. The lowest BCUT2D eigenvalue weighted by Crippen LogP contribution is -2.00. The van der Waals surface area contributed by atoms with Gasteiger partial charge in [-0.05, 0) is 31.9 Å². The highest BCUT2D eigenvalue weighted by molar-refractivity contribution is 9.11. The van der Waals surface area contributed by atoms with Gasteiger partial charge in [-0.3, -0.25) is 35.0 Å². The van der Waals surface area contributed by atoms with Crippen molar-refractivity contribution in [2.75, 3.05) is 0 Å². The first-order chi connectivity index (χ1) is 14.3. The topological polar surface area (TPSA) is 172 Å². The number of hydrogen-bond acceptors (Lipinski definition) is 7. The van der Waals surface area contributed by atoms with Crippen molar-refractivity contribution in [1.29, 1.82) is 0 Å². The van der Waals surface area contributed by atoms with Crippen LogP contribution in [0.3, 0.4) is 0 Å². The van der Waals surface area contributed by atoms with Crippen molar-refractivity contribution in [3.05, 3.63) is 64.6 Å². The number of fused-ring (bicyclic) bond motifs is 2. The molecule has 5 heterocycles. The minimum Gasteiger partial charge on any atom is -0.270 e. The summed E-state index contributed by atoms with van der Waals surface area (Å²) in [6, 6.07) is 0. The molecule has 0 fully saturated rings. The van der Waals surface area contributed by atoms with Crippen LogP contribution in [0.2, 0.25) is 0 Å². The zero-order chi connectivity index (χ0) is 21.2. The summed E-state index contributed by atoms with van der Waals surface area (Å²) in [6.45, 7) is 0. The van der Waals surface area contributed by atoms with E-state index in [0.29, 0.717) is 22.4 Å². The highest BCUT2D eigenvalue weighted by Gasteiger charge is 2.28. The van der Waals surface area contributed by atoms with Gasteiger partial charge < -0.3 is 0 Å². The molecule has 0 aliphatic rings. The van der Waals surface area contributed by atoms with E-state index < -0.39 is 4.92 Å². The number of nitrogens with zero attached hydrogens (tertiary/aromatic N) is 6. The molecular formula is C15H7Br2N9O4. The smallest absolute Gasteiger partial charge is 0.270 e. The van der Waals surface area contributed by atoms with Gasteiger partial charge in [0.15, 0.2) is 17.0 Å². The standard InChI is InChI=1S/C15H7Br2N9O4/c16-7-12-18-1-5(3-24(12)22-14(7)27)9-11(26(29)30)10(21-20-9)6-2-19-13-8(17)15(28)23-25(13)4-6/h1-4H,(H,20,21)(H,22,27)(H,23,28). The van der Waals surface area contributed by atoms with Crippen molar-refractivity contribution in [2.45, 2.75) is 0 Å². The van der Waals surface area contributed by atoms with Crippen LogP contribution in [0.1, 0.15) is 0 Å². The first-order valence-electron chi connectivity index (χ1n) is 8.10. The Labute approximate surface area is 180 Å². The second kappa shape index (κ2) is 6.46.